The minimum Gasteiger partial charge on any atom is -0.465 e. The average molecular weight is 357 g/mol. The van der Waals surface area contributed by atoms with Crippen molar-refractivity contribution in [2.75, 3.05) is 25.5 Å². The Kier molecular flexibility index (Phi) is 8.55. The summed E-state index contributed by atoms with van der Waals surface area (Å²) in [6.07, 6.45) is 4.49. The van der Waals surface area contributed by atoms with E-state index in [4.69, 9.17) is 17.0 Å². The van der Waals surface area contributed by atoms with Crippen LogP contribution in [0.4, 0.5) is 5.00 Å². The summed E-state index contributed by atoms with van der Waals surface area (Å²) in [5.74, 6) is -0.314. The molecule has 0 saturated heterocycles. The Morgan fingerprint density at radius 3 is 2.26 bits per heavy atom. The summed E-state index contributed by atoms with van der Waals surface area (Å²) in [6, 6.07) is 0. The highest BCUT2D eigenvalue weighted by atomic mass is 32.1. The predicted octanol–water partition coefficient (Wildman–Crippen LogP) is 4.75. The van der Waals surface area contributed by atoms with Crippen LogP contribution >= 0.6 is 23.6 Å². The van der Waals surface area contributed by atoms with E-state index in [1.165, 1.54) is 7.11 Å². The standard InChI is InChI=1S/C17H28N2O2S2/c1-6-8-10-19(11-9-7-2)17(22)18-15-14(16(20)21-5)12(3)13(4)23-15/h6-11H2,1-5H3,(H,18,22). The topological polar surface area (TPSA) is 41.6 Å². The quantitative estimate of drug-likeness (QED) is 0.538. The Morgan fingerprint density at radius 1 is 1.22 bits per heavy atom. The summed E-state index contributed by atoms with van der Waals surface area (Å²) in [6.45, 7) is 10.2. The maximum absolute atomic E-state index is 12.1. The number of unbranched alkanes of at least 4 members (excludes halogenated alkanes) is 2. The number of carbonyl (C=O) groups is 1. The summed E-state index contributed by atoms with van der Waals surface area (Å²) in [5, 5.41) is 4.76. The van der Waals surface area contributed by atoms with Gasteiger partial charge in [0.05, 0.1) is 12.7 Å². The Hall–Kier alpha value is -1.14. The first-order valence-electron chi connectivity index (χ1n) is 8.20. The molecule has 4 nitrogen and oxygen atoms in total. The Balaban J connectivity index is 2.93. The van der Waals surface area contributed by atoms with E-state index in [9.17, 15) is 4.79 Å². The number of nitrogens with one attached hydrogen (secondary N) is 1. The maximum atomic E-state index is 12.1. The number of ether oxygens (including phenoxy) is 1. The number of nitrogens with zero attached hydrogens (tertiary/aromatic N) is 1. The van der Waals surface area contributed by atoms with E-state index in [2.05, 4.69) is 24.1 Å². The molecule has 0 aromatic carbocycles. The Labute approximate surface area is 149 Å². The number of thiocarbonyl (C=S) groups is 1. The molecular weight excluding hydrogens is 328 g/mol. The third-order valence-electron chi connectivity index (χ3n) is 3.85. The van der Waals surface area contributed by atoms with Gasteiger partial charge in [-0.3, -0.25) is 0 Å². The summed E-state index contributed by atoms with van der Waals surface area (Å²) in [4.78, 5) is 15.4. The van der Waals surface area contributed by atoms with E-state index in [1.807, 2.05) is 13.8 Å². The zero-order chi connectivity index (χ0) is 17.4. The maximum Gasteiger partial charge on any atom is 0.341 e. The zero-order valence-corrected chi connectivity index (χ0v) is 16.5. The van der Waals surface area contributed by atoms with E-state index >= 15 is 0 Å². The molecule has 0 aliphatic carbocycles. The van der Waals surface area contributed by atoms with Crippen molar-refractivity contribution in [3.63, 3.8) is 0 Å². The van der Waals surface area contributed by atoms with Crippen LogP contribution in [-0.4, -0.2) is 36.2 Å². The molecule has 0 unspecified atom stereocenters. The molecule has 0 saturated carbocycles. The van der Waals surface area contributed by atoms with Crippen LogP contribution in [0.2, 0.25) is 0 Å². The smallest absolute Gasteiger partial charge is 0.341 e. The molecule has 1 heterocycles. The minimum atomic E-state index is -0.314. The lowest BCUT2D eigenvalue weighted by Gasteiger charge is -2.25. The molecule has 0 aliphatic heterocycles. The highest BCUT2D eigenvalue weighted by molar-refractivity contribution is 7.80. The molecule has 1 aromatic heterocycles. The van der Waals surface area contributed by atoms with Gasteiger partial charge >= 0.3 is 5.97 Å². The van der Waals surface area contributed by atoms with Crippen LogP contribution in [0.3, 0.4) is 0 Å². The normalized spacial score (nSPS) is 10.5. The second-order valence-electron chi connectivity index (χ2n) is 5.60. The SMILES string of the molecule is CCCCN(CCCC)C(=S)Nc1sc(C)c(C)c1C(=O)OC. The van der Waals surface area contributed by atoms with Crippen LogP contribution < -0.4 is 5.32 Å². The van der Waals surface area contributed by atoms with Gasteiger partial charge in [-0.05, 0) is 44.5 Å². The highest BCUT2D eigenvalue weighted by Gasteiger charge is 2.21. The van der Waals surface area contributed by atoms with E-state index in [-0.39, 0.29) is 5.97 Å². The molecule has 0 atom stereocenters. The van der Waals surface area contributed by atoms with Crippen molar-refractivity contribution in [3.05, 3.63) is 16.0 Å². The van der Waals surface area contributed by atoms with Gasteiger partial charge in [-0.15, -0.1) is 11.3 Å². The molecular formula is C17H28N2O2S2. The number of thiophene rings is 1. The number of hydrogen-bond acceptors (Lipinski definition) is 4. The van der Waals surface area contributed by atoms with Crippen molar-refractivity contribution in [2.24, 2.45) is 0 Å². The number of anilines is 1. The number of methoxy groups -OCH3 is 1. The van der Waals surface area contributed by atoms with Crippen molar-refractivity contribution >= 4 is 39.6 Å². The van der Waals surface area contributed by atoms with E-state index in [0.717, 1.165) is 54.2 Å². The molecule has 1 rings (SSSR count). The van der Waals surface area contributed by atoms with Crippen LogP contribution in [0.25, 0.3) is 0 Å². The molecule has 0 radical (unpaired) electrons. The summed E-state index contributed by atoms with van der Waals surface area (Å²) in [5.41, 5.74) is 1.56. The van der Waals surface area contributed by atoms with Gasteiger partial charge in [0.1, 0.15) is 5.00 Å². The molecule has 23 heavy (non-hydrogen) atoms. The molecule has 1 aromatic rings. The van der Waals surface area contributed by atoms with Gasteiger partial charge in [-0.2, -0.15) is 0 Å². The Bertz CT molecular complexity index is 533. The lowest BCUT2D eigenvalue weighted by Crippen LogP contribution is -2.36. The number of rotatable bonds is 8. The first-order valence-corrected chi connectivity index (χ1v) is 9.42. The Morgan fingerprint density at radius 2 is 1.78 bits per heavy atom. The van der Waals surface area contributed by atoms with Gasteiger partial charge in [-0.25, -0.2) is 4.79 Å². The van der Waals surface area contributed by atoms with Crippen molar-refractivity contribution in [1.29, 1.82) is 0 Å². The van der Waals surface area contributed by atoms with Crippen LogP contribution in [-0.2, 0) is 4.74 Å². The largest absolute Gasteiger partial charge is 0.465 e. The second-order valence-corrected chi connectivity index (χ2v) is 7.21. The van der Waals surface area contributed by atoms with Crippen molar-refractivity contribution < 1.29 is 9.53 Å². The van der Waals surface area contributed by atoms with Crippen LogP contribution in [0.1, 0.15) is 60.3 Å². The second kappa shape index (κ2) is 9.88. The summed E-state index contributed by atoms with van der Waals surface area (Å²) >= 11 is 7.14. The molecule has 0 aliphatic rings. The molecule has 0 amide bonds. The van der Waals surface area contributed by atoms with Crippen LogP contribution in [0.15, 0.2) is 0 Å². The van der Waals surface area contributed by atoms with Gasteiger partial charge < -0.3 is 15.0 Å². The van der Waals surface area contributed by atoms with Crippen molar-refractivity contribution in [1.82, 2.24) is 4.90 Å². The molecule has 1 N–H and O–H groups in total. The molecule has 0 spiro atoms. The fraction of sp³-hybridized carbons (Fsp3) is 0.647. The van der Waals surface area contributed by atoms with Crippen LogP contribution in [0.5, 0.6) is 0 Å². The lowest BCUT2D eigenvalue weighted by atomic mass is 10.1. The predicted molar refractivity (Wildman–Crippen MR) is 103 cm³/mol. The van der Waals surface area contributed by atoms with E-state index < -0.39 is 0 Å². The van der Waals surface area contributed by atoms with E-state index in [1.54, 1.807) is 11.3 Å². The van der Waals surface area contributed by atoms with Crippen molar-refractivity contribution in [2.45, 2.75) is 53.4 Å². The molecule has 6 heteroatoms. The minimum absolute atomic E-state index is 0.314. The molecule has 0 fully saturated rings. The zero-order valence-electron chi connectivity index (χ0n) is 14.8. The average Bonchev–Trinajstić information content (AvgIpc) is 2.81. The van der Waals surface area contributed by atoms with Gasteiger partial charge in [0.25, 0.3) is 0 Å². The lowest BCUT2D eigenvalue weighted by molar-refractivity contribution is 0.0601. The number of hydrogen-bond donors (Lipinski definition) is 1. The van der Waals surface area contributed by atoms with E-state index in [0.29, 0.717) is 10.7 Å². The third-order valence-corrected chi connectivity index (χ3v) is 5.33. The number of aryl methyl sites for hydroxylation is 1. The third kappa shape index (κ3) is 5.46. The first kappa shape index (κ1) is 19.9. The summed E-state index contributed by atoms with van der Waals surface area (Å²) < 4.78 is 4.91. The fourth-order valence-corrected chi connectivity index (χ4v) is 3.65. The molecule has 130 valence electrons. The monoisotopic (exact) mass is 356 g/mol. The first-order chi connectivity index (χ1) is 11.0. The van der Waals surface area contributed by atoms with Crippen LogP contribution in [0, 0.1) is 13.8 Å². The fourth-order valence-electron chi connectivity index (χ4n) is 2.25. The van der Waals surface area contributed by atoms with Gasteiger partial charge in [-0.1, -0.05) is 26.7 Å². The number of carbonyl (C=O) groups excluding carboxylic acids is 1. The highest BCUT2D eigenvalue weighted by Crippen LogP contribution is 2.33. The van der Waals surface area contributed by atoms with Crippen molar-refractivity contribution in [3.8, 4) is 0 Å². The summed E-state index contributed by atoms with van der Waals surface area (Å²) in [7, 11) is 1.41. The number of esters is 1. The van der Waals surface area contributed by atoms with Gasteiger partial charge in [0.2, 0.25) is 0 Å². The van der Waals surface area contributed by atoms with Gasteiger partial charge in [0, 0.05) is 18.0 Å². The van der Waals surface area contributed by atoms with Gasteiger partial charge in [0.15, 0.2) is 5.11 Å². The molecule has 0 bridgehead atoms.